The van der Waals surface area contributed by atoms with E-state index in [2.05, 4.69) is 17.1 Å². The second-order valence-electron chi connectivity index (χ2n) is 8.13. The van der Waals surface area contributed by atoms with Gasteiger partial charge in [-0.2, -0.15) is 17.0 Å². The van der Waals surface area contributed by atoms with Gasteiger partial charge >= 0.3 is 0 Å². The number of piperidine rings is 2. The van der Waals surface area contributed by atoms with Crippen molar-refractivity contribution in [1.29, 1.82) is 0 Å². The van der Waals surface area contributed by atoms with Crippen LogP contribution in [0.3, 0.4) is 0 Å². The van der Waals surface area contributed by atoms with Crippen LogP contribution in [0.25, 0.3) is 0 Å². The molecule has 3 fully saturated rings. The van der Waals surface area contributed by atoms with Crippen molar-refractivity contribution in [3.63, 3.8) is 0 Å². The zero-order chi connectivity index (χ0) is 18.6. The number of carbonyl (C=O) groups excluding carboxylic acids is 1. The molecule has 0 saturated carbocycles. The zero-order valence-electron chi connectivity index (χ0n) is 16.0. The van der Waals surface area contributed by atoms with Crippen LogP contribution in [-0.4, -0.2) is 80.2 Å². The summed E-state index contributed by atoms with van der Waals surface area (Å²) in [6, 6.07) is 0. The Kier molecular flexibility index (Phi) is 6.93. The van der Waals surface area contributed by atoms with Crippen LogP contribution < -0.4 is 5.32 Å². The number of hydrogen-bond donors (Lipinski definition) is 1. The van der Waals surface area contributed by atoms with Crippen LogP contribution in [0.2, 0.25) is 0 Å². The first-order valence-corrected chi connectivity index (χ1v) is 11.6. The van der Waals surface area contributed by atoms with Gasteiger partial charge in [-0.1, -0.05) is 6.92 Å². The Morgan fingerprint density at radius 1 is 0.962 bits per heavy atom. The molecule has 8 heteroatoms. The predicted molar refractivity (Wildman–Crippen MR) is 102 cm³/mol. The third-order valence-corrected chi connectivity index (χ3v) is 8.08. The maximum atomic E-state index is 12.9. The van der Waals surface area contributed by atoms with Gasteiger partial charge in [0, 0.05) is 39.3 Å². The Labute approximate surface area is 158 Å². The fourth-order valence-electron chi connectivity index (χ4n) is 4.23. The summed E-state index contributed by atoms with van der Waals surface area (Å²) >= 11 is 0. The Balaban J connectivity index is 1.48. The van der Waals surface area contributed by atoms with Crippen LogP contribution in [0.15, 0.2) is 0 Å². The van der Waals surface area contributed by atoms with Gasteiger partial charge in [-0.15, -0.1) is 0 Å². The minimum atomic E-state index is -3.43. The second-order valence-corrected chi connectivity index (χ2v) is 10.1. The highest BCUT2D eigenvalue weighted by molar-refractivity contribution is 7.86. The Hall–Kier alpha value is -0.700. The molecule has 26 heavy (non-hydrogen) atoms. The SMILES string of the molecule is CC1CCN(S(=O)(=O)N2CCCC(C(=O)NCCN3CCCC3)C2)CC1. The van der Waals surface area contributed by atoms with Crippen molar-refractivity contribution in [2.24, 2.45) is 11.8 Å². The molecular formula is C18H34N4O3S. The molecule has 150 valence electrons. The Morgan fingerprint density at radius 2 is 1.65 bits per heavy atom. The molecular weight excluding hydrogens is 352 g/mol. The predicted octanol–water partition coefficient (Wildman–Crippen LogP) is 0.887. The van der Waals surface area contributed by atoms with Crippen LogP contribution in [0.5, 0.6) is 0 Å². The molecule has 1 N–H and O–H groups in total. The molecule has 3 aliphatic heterocycles. The summed E-state index contributed by atoms with van der Waals surface area (Å²) in [6.45, 7) is 8.04. The zero-order valence-corrected chi connectivity index (χ0v) is 16.8. The fraction of sp³-hybridized carbons (Fsp3) is 0.944. The maximum Gasteiger partial charge on any atom is 0.281 e. The molecule has 1 atom stereocenters. The first kappa shape index (κ1) is 20.0. The lowest BCUT2D eigenvalue weighted by atomic mass is 9.99. The normalized spacial score (nSPS) is 27.7. The molecule has 3 saturated heterocycles. The fourth-order valence-corrected chi connectivity index (χ4v) is 5.96. The quantitative estimate of drug-likeness (QED) is 0.736. The van der Waals surface area contributed by atoms with Gasteiger partial charge in [0.15, 0.2) is 0 Å². The molecule has 3 heterocycles. The highest BCUT2D eigenvalue weighted by atomic mass is 32.2. The van der Waals surface area contributed by atoms with Crippen LogP contribution in [0.4, 0.5) is 0 Å². The number of hydrogen-bond acceptors (Lipinski definition) is 4. The largest absolute Gasteiger partial charge is 0.355 e. The Bertz CT molecular complexity index is 569. The smallest absolute Gasteiger partial charge is 0.281 e. The van der Waals surface area contributed by atoms with Crippen molar-refractivity contribution in [1.82, 2.24) is 18.8 Å². The van der Waals surface area contributed by atoms with E-state index in [1.54, 1.807) is 4.31 Å². The maximum absolute atomic E-state index is 12.9. The van der Waals surface area contributed by atoms with Crippen LogP contribution >= 0.6 is 0 Å². The number of rotatable bonds is 6. The molecule has 7 nitrogen and oxygen atoms in total. The number of amides is 1. The van der Waals surface area contributed by atoms with Gasteiger partial charge in [0.05, 0.1) is 5.92 Å². The van der Waals surface area contributed by atoms with Crippen molar-refractivity contribution < 1.29 is 13.2 Å². The minimum absolute atomic E-state index is 0.0105. The van der Waals surface area contributed by atoms with E-state index < -0.39 is 10.2 Å². The summed E-state index contributed by atoms with van der Waals surface area (Å²) < 4.78 is 29.0. The van der Waals surface area contributed by atoms with Crippen molar-refractivity contribution in [3.8, 4) is 0 Å². The van der Waals surface area contributed by atoms with Gasteiger partial charge in [-0.25, -0.2) is 0 Å². The molecule has 3 rings (SSSR count). The lowest BCUT2D eigenvalue weighted by Gasteiger charge is -2.37. The summed E-state index contributed by atoms with van der Waals surface area (Å²) in [6.07, 6.45) is 5.88. The third kappa shape index (κ3) is 4.97. The van der Waals surface area contributed by atoms with E-state index in [1.807, 2.05) is 0 Å². The van der Waals surface area contributed by atoms with Gasteiger partial charge < -0.3 is 10.2 Å². The van der Waals surface area contributed by atoms with Crippen LogP contribution in [0, 0.1) is 11.8 Å². The molecule has 3 aliphatic rings. The van der Waals surface area contributed by atoms with Gasteiger partial charge in [0.1, 0.15) is 0 Å². The number of likely N-dealkylation sites (tertiary alicyclic amines) is 1. The summed E-state index contributed by atoms with van der Waals surface area (Å²) in [5, 5.41) is 3.02. The van der Waals surface area contributed by atoms with E-state index in [4.69, 9.17) is 0 Å². The van der Waals surface area contributed by atoms with Gasteiger partial charge in [-0.05, 0) is 57.5 Å². The van der Waals surface area contributed by atoms with E-state index in [0.29, 0.717) is 38.6 Å². The molecule has 1 unspecified atom stereocenters. The van der Waals surface area contributed by atoms with Crippen LogP contribution in [0.1, 0.15) is 45.4 Å². The summed E-state index contributed by atoms with van der Waals surface area (Å²) in [4.78, 5) is 14.9. The number of carbonyl (C=O) groups is 1. The average molecular weight is 387 g/mol. The van der Waals surface area contributed by atoms with Gasteiger partial charge in [0.2, 0.25) is 5.91 Å². The van der Waals surface area contributed by atoms with E-state index in [0.717, 1.165) is 45.3 Å². The average Bonchev–Trinajstić information content (AvgIpc) is 3.15. The minimum Gasteiger partial charge on any atom is -0.355 e. The summed E-state index contributed by atoms with van der Waals surface area (Å²) in [7, 11) is -3.43. The molecule has 1 amide bonds. The molecule has 0 bridgehead atoms. The highest BCUT2D eigenvalue weighted by Crippen LogP contribution is 2.25. The van der Waals surface area contributed by atoms with Crippen molar-refractivity contribution in [3.05, 3.63) is 0 Å². The van der Waals surface area contributed by atoms with E-state index in [9.17, 15) is 13.2 Å². The Morgan fingerprint density at radius 3 is 2.35 bits per heavy atom. The number of nitrogens with zero attached hydrogens (tertiary/aromatic N) is 3. The summed E-state index contributed by atoms with van der Waals surface area (Å²) in [5.74, 6) is 0.383. The van der Waals surface area contributed by atoms with E-state index >= 15 is 0 Å². The van der Waals surface area contributed by atoms with Crippen LogP contribution in [-0.2, 0) is 15.0 Å². The van der Waals surface area contributed by atoms with Crippen molar-refractivity contribution in [2.75, 3.05) is 52.4 Å². The molecule has 0 aromatic heterocycles. The first-order chi connectivity index (χ1) is 12.5. The molecule has 0 aromatic rings. The number of nitrogens with one attached hydrogen (secondary N) is 1. The molecule has 0 aliphatic carbocycles. The lowest BCUT2D eigenvalue weighted by molar-refractivity contribution is -0.126. The van der Waals surface area contributed by atoms with Crippen molar-refractivity contribution >= 4 is 16.1 Å². The van der Waals surface area contributed by atoms with Gasteiger partial charge in [0.25, 0.3) is 10.2 Å². The second kappa shape index (κ2) is 8.99. The standard InChI is InChI=1S/C18H34N4O3S/c1-16-6-12-21(13-7-16)26(24,25)22-11-4-5-17(15-22)18(23)19-8-14-20-9-2-3-10-20/h16-17H,2-15H2,1H3,(H,19,23). The molecule has 0 spiro atoms. The topological polar surface area (TPSA) is 73.0 Å². The highest BCUT2D eigenvalue weighted by Gasteiger charge is 2.36. The third-order valence-electron chi connectivity index (χ3n) is 6.08. The van der Waals surface area contributed by atoms with Crippen molar-refractivity contribution in [2.45, 2.75) is 45.4 Å². The van der Waals surface area contributed by atoms with E-state index in [-0.39, 0.29) is 11.8 Å². The summed E-state index contributed by atoms with van der Waals surface area (Å²) in [5.41, 5.74) is 0. The van der Waals surface area contributed by atoms with Gasteiger partial charge in [-0.3, -0.25) is 4.79 Å². The molecule has 0 radical (unpaired) electrons. The van der Waals surface area contributed by atoms with E-state index in [1.165, 1.54) is 17.1 Å². The molecule has 0 aromatic carbocycles. The lowest BCUT2D eigenvalue weighted by Crippen LogP contribution is -2.52. The first-order valence-electron chi connectivity index (χ1n) is 10.2. The monoisotopic (exact) mass is 386 g/mol.